The molecule has 0 aromatic heterocycles. The summed E-state index contributed by atoms with van der Waals surface area (Å²) in [5.74, 6) is 2.21. The summed E-state index contributed by atoms with van der Waals surface area (Å²) in [6, 6.07) is 0.670. The van der Waals surface area contributed by atoms with Gasteiger partial charge in [0.05, 0.1) is 0 Å². The highest BCUT2D eigenvalue weighted by Crippen LogP contribution is 2.43. The third kappa shape index (κ3) is 4.60. The van der Waals surface area contributed by atoms with Crippen molar-refractivity contribution in [2.75, 3.05) is 13.1 Å². The molecule has 0 bridgehead atoms. The van der Waals surface area contributed by atoms with E-state index in [4.69, 9.17) is 0 Å². The minimum atomic E-state index is 0.193. The molecule has 1 amide bonds. The number of carbonyl (C=O) groups is 1. The molecule has 0 aliphatic heterocycles. The number of rotatable bonds is 7. The minimum Gasteiger partial charge on any atom is -0.356 e. The van der Waals surface area contributed by atoms with E-state index in [1.807, 2.05) is 0 Å². The van der Waals surface area contributed by atoms with Crippen molar-refractivity contribution in [2.45, 2.75) is 64.3 Å². The van der Waals surface area contributed by atoms with Crippen molar-refractivity contribution in [3.63, 3.8) is 0 Å². The summed E-state index contributed by atoms with van der Waals surface area (Å²) < 4.78 is 0. The van der Waals surface area contributed by atoms with Crippen molar-refractivity contribution in [3.8, 4) is 0 Å². The lowest BCUT2D eigenvalue weighted by Gasteiger charge is -2.30. The molecule has 2 N–H and O–H groups in total. The molecule has 3 nitrogen and oxygen atoms in total. The van der Waals surface area contributed by atoms with Gasteiger partial charge in [-0.25, -0.2) is 0 Å². The van der Waals surface area contributed by atoms with E-state index in [1.165, 1.54) is 38.5 Å². The predicted octanol–water partition coefficient (Wildman–Crippen LogP) is 2.46. The topological polar surface area (TPSA) is 41.1 Å². The maximum absolute atomic E-state index is 11.5. The van der Waals surface area contributed by atoms with Gasteiger partial charge in [0, 0.05) is 25.6 Å². The smallest absolute Gasteiger partial charge is 0.221 e. The van der Waals surface area contributed by atoms with Crippen molar-refractivity contribution >= 4 is 5.91 Å². The lowest BCUT2D eigenvalue weighted by molar-refractivity contribution is -0.121. The molecule has 0 saturated heterocycles. The molecule has 2 rings (SSSR count). The molecular formula is C15H28N2O. The van der Waals surface area contributed by atoms with Gasteiger partial charge in [0.2, 0.25) is 5.91 Å². The summed E-state index contributed by atoms with van der Waals surface area (Å²) in [5.41, 5.74) is 0. The van der Waals surface area contributed by atoms with Crippen LogP contribution in [0.4, 0.5) is 0 Å². The molecule has 2 fully saturated rings. The molecule has 0 heterocycles. The number of hydrogen-bond acceptors (Lipinski definition) is 2. The Morgan fingerprint density at radius 1 is 1.11 bits per heavy atom. The normalized spacial score (nSPS) is 28.1. The Bertz CT molecular complexity index is 263. The zero-order valence-electron chi connectivity index (χ0n) is 11.7. The van der Waals surface area contributed by atoms with Gasteiger partial charge in [-0.3, -0.25) is 4.79 Å². The van der Waals surface area contributed by atoms with Crippen LogP contribution < -0.4 is 10.6 Å². The molecule has 2 aliphatic carbocycles. The van der Waals surface area contributed by atoms with Gasteiger partial charge >= 0.3 is 0 Å². The predicted molar refractivity (Wildman–Crippen MR) is 74.4 cm³/mol. The number of nitrogens with one attached hydrogen (secondary N) is 2. The van der Waals surface area contributed by atoms with Crippen LogP contribution in [0.1, 0.15) is 58.3 Å². The Morgan fingerprint density at radius 2 is 1.94 bits per heavy atom. The van der Waals surface area contributed by atoms with Crippen LogP contribution in [0.2, 0.25) is 0 Å². The SMILES string of the molecule is CCCNC(=O)CCNC1CCCC(C2CC2)C1. The first-order valence-corrected chi connectivity index (χ1v) is 7.79. The fourth-order valence-corrected chi connectivity index (χ4v) is 3.15. The second-order valence-corrected chi connectivity index (χ2v) is 6.02. The van der Waals surface area contributed by atoms with E-state index in [-0.39, 0.29) is 5.91 Å². The lowest BCUT2D eigenvalue weighted by Crippen LogP contribution is -2.37. The highest BCUT2D eigenvalue weighted by molar-refractivity contribution is 5.75. The van der Waals surface area contributed by atoms with E-state index in [2.05, 4.69) is 17.6 Å². The molecule has 0 aromatic carbocycles. The highest BCUT2D eigenvalue weighted by Gasteiger charge is 2.34. The zero-order valence-corrected chi connectivity index (χ0v) is 11.7. The summed E-state index contributed by atoms with van der Waals surface area (Å²) in [6.07, 6.45) is 10.1. The lowest BCUT2D eigenvalue weighted by atomic mass is 9.83. The molecule has 18 heavy (non-hydrogen) atoms. The molecule has 2 aliphatic rings. The van der Waals surface area contributed by atoms with E-state index < -0.39 is 0 Å². The Balaban J connectivity index is 1.56. The van der Waals surface area contributed by atoms with E-state index in [0.717, 1.165) is 31.3 Å². The van der Waals surface area contributed by atoms with Crippen LogP contribution in [0.15, 0.2) is 0 Å². The fraction of sp³-hybridized carbons (Fsp3) is 0.933. The van der Waals surface area contributed by atoms with Crippen molar-refractivity contribution in [3.05, 3.63) is 0 Å². The molecular weight excluding hydrogens is 224 g/mol. The standard InChI is InChI=1S/C15H28N2O/c1-2-9-17-15(18)8-10-16-14-5-3-4-13(11-14)12-6-7-12/h12-14,16H,2-11H2,1H3,(H,17,18). The van der Waals surface area contributed by atoms with Crippen LogP contribution in [0.5, 0.6) is 0 Å². The van der Waals surface area contributed by atoms with Crippen LogP contribution in [-0.2, 0) is 4.79 Å². The first-order valence-electron chi connectivity index (χ1n) is 7.79. The van der Waals surface area contributed by atoms with E-state index in [0.29, 0.717) is 12.5 Å². The quantitative estimate of drug-likeness (QED) is 0.731. The Hall–Kier alpha value is -0.570. The van der Waals surface area contributed by atoms with Gasteiger partial charge in [-0.1, -0.05) is 19.8 Å². The van der Waals surface area contributed by atoms with Crippen LogP contribution in [0.3, 0.4) is 0 Å². The highest BCUT2D eigenvalue weighted by atomic mass is 16.1. The van der Waals surface area contributed by atoms with Crippen molar-refractivity contribution < 1.29 is 4.79 Å². The van der Waals surface area contributed by atoms with E-state index >= 15 is 0 Å². The van der Waals surface area contributed by atoms with Crippen LogP contribution >= 0.6 is 0 Å². The van der Waals surface area contributed by atoms with E-state index in [9.17, 15) is 4.79 Å². The zero-order chi connectivity index (χ0) is 12.8. The second kappa shape index (κ2) is 7.13. The maximum Gasteiger partial charge on any atom is 0.221 e. The Kier molecular flexibility index (Phi) is 5.48. The molecule has 3 heteroatoms. The number of amides is 1. The third-order valence-electron chi connectivity index (χ3n) is 4.36. The first kappa shape index (κ1) is 13.9. The molecule has 2 atom stereocenters. The molecule has 104 valence electrons. The van der Waals surface area contributed by atoms with Crippen LogP contribution in [0, 0.1) is 11.8 Å². The Morgan fingerprint density at radius 3 is 2.67 bits per heavy atom. The molecule has 0 aromatic rings. The molecule has 0 spiro atoms. The van der Waals surface area contributed by atoms with Gasteiger partial charge in [0.25, 0.3) is 0 Å². The summed E-state index contributed by atoms with van der Waals surface area (Å²) in [4.78, 5) is 11.5. The summed E-state index contributed by atoms with van der Waals surface area (Å²) in [6.45, 7) is 3.74. The van der Waals surface area contributed by atoms with Gasteiger partial charge in [-0.05, 0) is 43.9 Å². The van der Waals surface area contributed by atoms with E-state index in [1.54, 1.807) is 0 Å². The van der Waals surface area contributed by atoms with Gasteiger partial charge in [-0.2, -0.15) is 0 Å². The molecule has 2 saturated carbocycles. The summed E-state index contributed by atoms with van der Waals surface area (Å²) in [5, 5.41) is 6.51. The van der Waals surface area contributed by atoms with Crippen molar-refractivity contribution in [1.82, 2.24) is 10.6 Å². The van der Waals surface area contributed by atoms with Crippen molar-refractivity contribution in [2.24, 2.45) is 11.8 Å². The summed E-state index contributed by atoms with van der Waals surface area (Å²) >= 11 is 0. The van der Waals surface area contributed by atoms with Gasteiger partial charge < -0.3 is 10.6 Å². The van der Waals surface area contributed by atoms with Gasteiger partial charge in [0.1, 0.15) is 0 Å². The maximum atomic E-state index is 11.5. The first-order chi connectivity index (χ1) is 8.79. The fourth-order valence-electron chi connectivity index (χ4n) is 3.15. The monoisotopic (exact) mass is 252 g/mol. The average Bonchev–Trinajstić information content (AvgIpc) is 3.21. The number of hydrogen-bond donors (Lipinski definition) is 2. The average molecular weight is 252 g/mol. The van der Waals surface area contributed by atoms with Crippen LogP contribution in [-0.4, -0.2) is 25.0 Å². The third-order valence-corrected chi connectivity index (χ3v) is 4.36. The Labute approximate surface area is 111 Å². The van der Waals surface area contributed by atoms with Crippen molar-refractivity contribution in [1.29, 1.82) is 0 Å². The molecule has 2 unspecified atom stereocenters. The van der Waals surface area contributed by atoms with Gasteiger partial charge in [0.15, 0.2) is 0 Å². The summed E-state index contributed by atoms with van der Waals surface area (Å²) in [7, 11) is 0. The second-order valence-electron chi connectivity index (χ2n) is 6.02. The largest absolute Gasteiger partial charge is 0.356 e. The number of carbonyl (C=O) groups excluding carboxylic acids is 1. The molecule has 0 radical (unpaired) electrons. The van der Waals surface area contributed by atoms with Crippen LogP contribution in [0.25, 0.3) is 0 Å². The van der Waals surface area contributed by atoms with Gasteiger partial charge in [-0.15, -0.1) is 0 Å². The minimum absolute atomic E-state index is 0.193.